The van der Waals surface area contributed by atoms with Gasteiger partial charge in [-0.25, -0.2) is 8.78 Å². The SMILES string of the molecule is O=C(NC(O)C(F)(F)C(F)(F)C(F)(F)C(F)F)c1ccccc1. The Morgan fingerprint density at radius 3 is 1.87 bits per heavy atom. The molecule has 1 aromatic carbocycles. The van der Waals surface area contributed by atoms with E-state index in [1.807, 2.05) is 0 Å². The summed E-state index contributed by atoms with van der Waals surface area (Å²) in [6.45, 7) is 0. The molecule has 3 nitrogen and oxygen atoms in total. The number of benzene rings is 1. The predicted octanol–water partition coefficient (Wildman–Crippen LogP) is 2.91. The maximum atomic E-state index is 13.3. The van der Waals surface area contributed by atoms with Crippen LogP contribution in [0.5, 0.6) is 0 Å². The van der Waals surface area contributed by atoms with Gasteiger partial charge in [-0.05, 0) is 12.1 Å². The second-order valence-corrected chi connectivity index (χ2v) is 4.36. The van der Waals surface area contributed by atoms with Crippen LogP contribution in [0.2, 0.25) is 0 Å². The van der Waals surface area contributed by atoms with Crippen LogP contribution in [0, 0.1) is 0 Å². The zero-order valence-corrected chi connectivity index (χ0v) is 10.9. The molecule has 1 unspecified atom stereocenters. The molecule has 11 heteroatoms. The van der Waals surface area contributed by atoms with Crippen molar-refractivity contribution in [3.8, 4) is 0 Å². The molecule has 0 heterocycles. The lowest BCUT2D eigenvalue weighted by Crippen LogP contribution is -2.65. The van der Waals surface area contributed by atoms with Gasteiger partial charge in [0.1, 0.15) is 0 Å². The molecule has 0 aliphatic rings. The predicted molar refractivity (Wildman–Crippen MR) is 60.8 cm³/mol. The molecule has 23 heavy (non-hydrogen) atoms. The Morgan fingerprint density at radius 2 is 1.43 bits per heavy atom. The highest BCUT2D eigenvalue weighted by Crippen LogP contribution is 2.49. The second kappa shape index (κ2) is 6.30. The van der Waals surface area contributed by atoms with Gasteiger partial charge in [0.15, 0.2) is 6.23 Å². The van der Waals surface area contributed by atoms with Crippen LogP contribution >= 0.6 is 0 Å². The molecule has 1 amide bonds. The lowest BCUT2D eigenvalue weighted by atomic mass is 10.0. The van der Waals surface area contributed by atoms with Gasteiger partial charge in [-0.15, -0.1) is 0 Å². The molecular weight excluding hydrogens is 342 g/mol. The molecule has 0 spiro atoms. The average molecular weight is 351 g/mol. The largest absolute Gasteiger partial charge is 0.382 e. The first-order chi connectivity index (χ1) is 10.4. The highest BCUT2D eigenvalue weighted by atomic mass is 19.4. The number of hydrogen-bond acceptors (Lipinski definition) is 2. The molecule has 2 N–H and O–H groups in total. The maximum absolute atomic E-state index is 13.3. The average Bonchev–Trinajstić information content (AvgIpc) is 2.47. The van der Waals surface area contributed by atoms with E-state index in [9.17, 15) is 39.9 Å². The van der Waals surface area contributed by atoms with Gasteiger partial charge < -0.3 is 10.4 Å². The van der Waals surface area contributed by atoms with E-state index in [1.54, 1.807) is 0 Å². The number of aliphatic hydroxyl groups is 1. The number of hydrogen-bond donors (Lipinski definition) is 2. The summed E-state index contributed by atoms with van der Waals surface area (Å²) in [6, 6.07) is 6.04. The summed E-state index contributed by atoms with van der Waals surface area (Å²) < 4.78 is 102. The Hall–Kier alpha value is -1.91. The summed E-state index contributed by atoms with van der Waals surface area (Å²) in [5, 5.41) is 9.91. The summed E-state index contributed by atoms with van der Waals surface area (Å²) in [7, 11) is 0. The van der Waals surface area contributed by atoms with Gasteiger partial charge in [-0.3, -0.25) is 4.79 Å². The van der Waals surface area contributed by atoms with Crippen LogP contribution in [0.3, 0.4) is 0 Å². The first-order valence-electron chi connectivity index (χ1n) is 5.81. The molecule has 1 rings (SSSR count). The number of halogens is 8. The normalized spacial score (nSPS) is 14.7. The number of amides is 1. The third-order valence-electron chi connectivity index (χ3n) is 2.76. The summed E-state index contributed by atoms with van der Waals surface area (Å²) in [5.74, 6) is -20.6. The van der Waals surface area contributed by atoms with Crippen molar-refractivity contribution in [1.82, 2.24) is 5.32 Å². The van der Waals surface area contributed by atoms with Gasteiger partial charge in [0.05, 0.1) is 0 Å². The van der Waals surface area contributed by atoms with E-state index in [-0.39, 0.29) is 5.56 Å². The molecule has 0 aromatic heterocycles. The standard InChI is InChI=1S/C12H9F8NO2/c13-8(14)10(15,16)12(19,20)11(17,18)9(23)21-7(22)6-4-2-1-3-5-6/h1-5,8-9,23H,(H,21,22). The van der Waals surface area contributed by atoms with E-state index in [2.05, 4.69) is 0 Å². The van der Waals surface area contributed by atoms with Crippen molar-refractivity contribution in [2.24, 2.45) is 0 Å². The zero-order chi connectivity index (χ0) is 18.1. The van der Waals surface area contributed by atoms with Gasteiger partial charge in [-0.1, -0.05) is 18.2 Å². The molecule has 0 aliphatic carbocycles. The van der Waals surface area contributed by atoms with Crippen molar-refractivity contribution in [2.75, 3.05) is 0 Å². The molecule has 0 aliphatic heterocycles. The van der Waals surface area contributed by atoms with Crippen molar-refractivity contribution in [3.05, 3.63) is 35.9 Å². The van der Waals surface area contributed by atoms with Crippen molar-refractivity contribution in [2.45, 2.75) is 30.4 Å². The Labute approximate surface area is 123 Å². The van der Waals surface area contributed by atoms with E-state index in [0.717, 1.165) is 17.4 Å². The Balaban J connectivity index is 3.01. The third kappa shape index (κ3) is 3.38. The molecule has 0 radical (unpaired) electrons. The fourth-order valence-electron chi connectivity index (χ4n) is 1.42. The number of rotatable bonds is 6. The van der Waals surface area contributed by atoms with Crippen molar-refractivity contribution in [1.29, 1.82) is 0 Å². The fourth-order valence-corrected chi connectivity index (χ4v) is 1.42. The minimum atomic E-state index is -6.61. The quantitative estimate of drug-likeness (QED) is 0.612. The monoisotopic (exact) mass is 351 g/mol. The van der Waals surface area contributed by atoms with Crippen LogP contribution in [0.1, 0.15) is 10.4 Å². The first-order valence-corrected chi connectivity index (χ1v) is 5.81. The summed E-state index contributed by atoms with van der Waals surface area (Å²) >= 11 is 0. The van der Waals surface area contributed by atoms with Crippen molar-refractivity contribution >= 4 is 5.91 Å². The van der Waals surface area contributed by atoms with Crippen LogP contribution in [0.25, 0.3) is 0 Å². The van der Waals surface area contributed by atoms with E-state index in [0.29, 0.717) is 0 Å². The minimum absolute atomic E-state index is 0.355. The third-order valence-corrected chi connectivity index (χ3v) is 2.76. The molecule has 0 bridgehead atoms. The lowest BCUT2D eigenvalue weighted by Gasteiger charge is -2.34. The molecule has 1 aromatic rings. The van der Waals surface area contributed by atoms with E-state index < -0.39 is 36.3 Å². The molecule has 1 atom stereocenters. The lowest BCUT2D eigenvalue weighted by molar-refractivity contribution is -0.357. The van der Waals surface area contributed by atoms with Gasteiger partial charge >= 0.3 is 24.2 Å². The molecule has 0 saturated carbocycles. The molecular formula is C12H9F8NO2. The molecule has 0 saturated heterocycles. The number of alkyl halides is 8. The summed E-state index contributed by atoms with van der Waals surface area (Å²) in [4.78, 5) is 11.4. The fraction of sp³-hybridized carbons (Fsp3) is 0.417. The van der Waals surface area contributed by atoms with E-state index in [1.165, 1.54) is 18.2 Å². The summed E-state index contributed by atoms with van der Waals surface area (Å²) in [5.41, 5.74) is -0.355. The Bertz CT molecular complexity index is 549. The van der Waals surface area contributed by atoms with Crippen molar-refractivity contribution < 1.29 is 45.0 Å². The topological polar surface area (TPSA) is 49.3 Å². The van der Waals surface area contributed by atoms with Crippen LogP contribution in [0.15, 0.2) is 30.3 Å². The number of carbonyl (C=O) groups is 1. The van der Waals surface area contributed by atoms with E-state index >= 15 is 0 Å². The van der Waals surface area contributed by atoms with Gasteiger partial charge in [0, 0.05) is 5.56 Å². The maximum Gasteiger partial charge on any atom is 0.382 e. The smallest absolute Gasteiger partial charge is 0.368 e. The van der Waals surface area contributed by atoms with E-state index in [4.69, 9.17) is 5.11 Å². The van der Waals surface area contributed by atoms with Crippen LogP contribution in [0.4, 0.5) is 35.1 Å². The van der Waals surface area contributed by atoms with Crippen molar-refractivity contribution in [3.63, 3.8) is 0 Å². The van der Waals surface area contributed by atoms with Crippen LogP contribution in [-0.2, 0) is 0 Å². The highest BCUT2D eigenvalue weighted by Gasteiger charge is 2.77. The second-order valence-electron chi connectivity index (χ2n) is 4.36. The van der Waals surface area contributed by atoms with Gasteiger partial charge in [0.25, 0.3) is 5.91 Å². The minimum Gasteiger partial charge on any atom is -0.368 e. The Morgan fingerprint density at radius 1 is 0.957 bits per heavy atom. The zero-order valence-electron chi connectivity index (χ0n) is 10.9. The number of aliphatic hydroxyl groups excluding tert-OH is 1. The number of nitrogens with one attached hydrogen (secondary N) is 1. The number of carbonyl (C=O) groups excluding carboxylic acids is 1. The van der Waals surface area contributed by atoms with Gasteiger partial charge in [0.2, 0.25) is 0 Å². The molecule has 130 valence electrons. The van der Waals surface area contributed by atoms with Crippen LogP contribution < -0.4 is 5.32 Å². The Kier molecular flexibility index (Phi) is 5.24. The summed E-state index contributed by atoms with van der Waals surface area (Å²) in [6.07, 6.45) is -8.93. The molecule has 0 fully saturated rings. The highest BCUT2D eigenvalue weighted by molar-refractivity contribution is 5.94. The van der Waals surface area contributed by atoms with Crippen LogP contribution in [-0.4, -0.2) is 41.4 Å². The van der Waals surface area contributed by atoms with Gasteiger partial charge in [-0.2, -0.15) is 26.3 Å². The first kappa shape index (κ1) is 19.1.